The molecule has 3 nitrogen and oxygen atoms in total. The Balaban J connectivity index is 2.05. The number of nitrogens with one attached hydrogen (secondary N) is 1. The first kappa shape index (κ1) is 15.4. The molecule has 1 aromatic rings. The van der Waals surface area contributed by atoms with Crippen molar-refractivity contribution in [2.75, 3.05) is 33.4 Å². The monoisotopic (exact) mass is 319 g/mol. The Kier molecular flexibility index (Phi) is 7.96. The summed E-state index contributed by atoms with van der Waals surface area (Å²) in [6.45, 7) is 3.21. The van der Waals surface area contributed by atoms with Crippen LogP contribution in [0.15, 0.2) is 22.7 Å². The van der Waals surface area contributed by atoms with Gasteiger partial charge < -0.3 is 14.8 Å². The highest BCUT2D eigenvalue weighted by Crippen LogP contribution is 2.21. The molecule has 1 N–H and O–H groups in total. The molecule has 0 heterocycles. The Labute approximate surface area is 116 Å². The number of benzene rings is 1. The maximum Gasteiger partial charge on any atom is 0.137 e. The van der Waals surface area contributed by atoms with E-state index in [2.05, 4.69) is 21.2 Å². The third-order valence-electron chi connectivity index (χ3n) is 2.39. The summed E-state index contributed by atoms with van der Waals surface area (Å²) in [5.74, 6) is 0.417. The number of rotatable bonds is 9. The average Bonchev–Trinajstić information content (AvgIpc) is 2.37. The number of ether oxygens (including phenoxy) is 2. The topological polar surface area (TPSA) is 30.5 Å². The second-order valence-electron chi connectivity index (χ2n) is 3.87. The van der Waals surface area contributed by atoms with Crippen LogP contribution in [0.4, 0.5) is 4.39 Å². The van der Waals surface area contributed by atoms with E-state index in [1.165, 1.54) is 6.07 Å². The lowest BCUT2D eigenvalue weighted by atomic mass is 10.3. The molecule has 0 bridgehead atoms. The maximum atomic E-state index is 13.0. The number of hydrogen-bond acceptors (Lipinski definition) is 3. The molecule has 0 saturated heterocycles. The highest BCUT2D eigenvalue weighted by molar-refractivity contribution is 9.10. The van der Waals surface area contributed by atoms with Gasteiger partial charge in [0.2, 0.25) is 0 Å². The van der Waals surface area contributed by atoms with E-state index in [-0.39, 0.29) is 5.82 Å². The second kappa shape index (κ2) is 9.30. The third kappa shape index (κ3) is 6.33. The van der Waals surface area contributed by atoms with Crippen LogP contribution in [0, 0.1) is 5.82 Å². The molecule has 0 aliphatic heterocycles. The fraction of sp³-hybridized carbons (Fsp3) is 0.538. The Morgan fingerprint density at radius 1 is 1.22 bits per heavy atom. The summed E-state index contributed by atoms with van der Waals surface area (Å²) in [7, 11) is 1.69. The van der Waals surface area contributed by atoms with Gasteiger partial charge in [0, 0.05) is 13.7 Å². The van der Waals surface area contributed by atoms with Gasteiger partial charge in [0.1, 0.15) is 11.6 Å². The van der Waals surface area contributed by atoms with Crippen molar-refractivity contribution in [1.29, 1.82) is 0 Å². The van der Waals surface area contributed by atoms with E-state index >= 15 is 0 Å². The summed E-state index contributed by atoms with van der Waals surface area (Å²) < 4.78 is 23.8. The number of methoxy groups -OCH3 is 1. The standard InChI is InChI=1S/C13H19BrFNO2/c1-17-9-7-16-6-2-3-8-18-11-4-5-13(15)12(14)10-11/h4-5,10,16H,2-3,6-9H2,1H3. The fourth-order valence-corrected chi connectivity index (χ4v) is 1.77. The number of halogens is 2. The molecule has 1 rings (SSSR count). The number of hydrogen-bond donors (Lipinski definition) is 1. The average molecular weight is 320 g/mol. The van der Waals surface area contributed by atoms with Crippen LogP contribution in [-0.4, -0.2) is 33.4 Å². The minimum atomic E-state index is -0.273. The van der Waals surface area contributed by atoms with Crippen LogP contribution < -0.4 is 10.1 Å². The predicted octanol–water partition coefficient (Wildman–Crippen LogP) is 2.98. The van der Waals surface area contributed by atoms with Crippen LogP contribution in [0.3, 0.4) is 0 Å². The first-order chi connectivity index (χ1) is 8.74. The third-order valence-corrected chi connectivity index (χ3v) is 3.00. The maximum absolute atomic E-state index is 13.0. The SMILES string of the molecule is COCCNCCCCOc1ccc(F)c(Br)c1. The molecular weight excluding hydrogens is 301 g/mol. The second-order valence-corrected chi connectivity index (χ2v) is 4.73. The Morgan fingerprint density at radius 2 is 2.06 bits per heavy atom. The molecule has 0 radical (unpaired) electrons. The molecule has 0 saturated carbocycles. The highest BCUT2D eigenvalue weighted by atomic mass is 79.9. The molecule has 0 atom stereocenters. The number of unbranched alkanes of at least 4 members (excludes halogenated alkanes) is 1. The molecule has 0 spiro atoms. The van der Waals surface area contributed by atoms with Gasteiger partial charge in [0.15, 0.2) is 0 Å². The summed E-state index contributed by atoms with van der Waals surface area (Å²) in [6, 6.07) is 4.68. The first-order valence-electron chi connectivity index (χ1n) is 6.01. The van der Waals surface area contributed by atoms with Crippen LogP contribution in [0.5, 0.6) is 5.75 Å². The molecule has 0 aliphatic carbocycles. The fourth-order valence-electron chi connectivity index (χ4n) is 1.41. The van der Waals surface area contributed by atoms with Crippen molar-refractivity contribution in [3.05, 3.63) is 28.5 Å². The van der Waals surface area contributed by atoms with Gasteiger partial charge in [-0.25, -0.2) is 4.39 Å². The lowest BCUT2D eigenvalue weighted by Gasteiger charge is -2.07. The van der Waals surface area contributed by atoms with Gasteiger partial charge in [0.05, 0.1) is 17.7 Å². The largest absolute Gasteiger partial charge is 0.494 e. The van der Waals surface area contributed by atoms with Crippen LogP contribution in [0.25, 0.3) is 0 Å². The molecule has 0 aromatic heterocycles. The smallest absolute Gasteiger partial charge is 0.137 e. The van der Waals surface area contributed by atoms with Crippen molar-refractivity contribution < 1.29 is 13.9 Å². The minimum Gasteiger partial charge on any atom is -0.494 e. The zero-order valence-electron chi connectivity index (χ0n) is 10.5. The Morgan fingerprint density at radius 3 is 2.78 bits per heavy atom. The van der Waals surface area contributed by atoms with Crippen molar-refractivity contribution in [1.82, 2.24) is 5.32 Å². The zero-order chi connectivity index (χ0) is 13.2. The van der Waals surface area contributed by atoms with Gasteiger partial charge in [0.25, 0.3) is 0 Å². The van der Waals surface area contributed by atoms with Crippen LogP contribution in [0.2, 0.25) is 0 Å². The van der Waals surface area contributed by atoms with Crippen molar-refractivity contribution >= 4 is 15.9 Å². The van der Waals surface area contributed by atoms with Gasteiger partial charge >= 0.3 is 0 Å². The summed E-state index contributed by atoms with van der Waals surface area (Å²) in [5, 5.41) is 3.26. The highest BCUT2D eigenvalue weighted by Gasteiger charge is 2.00. The molecule has 0 fully saturated rings. The van der Waals surface area contributed by atoms with E-state index in [1.807, 2.05) is 0 Å². The lowest BCUT2D eigenvalue weighted by molar-refractivity contribution is 0.199. The summed E-state index contributed by atoms with van der Waals surface area (Å²) >= 11 is 3.13. The van der Waals surface area contributed by atoms with Crippen molar-refractivity contribution in [2.45, 2.75) is 12.8 Å². The molecule has 102 valence electrons. The minimum absolute atomic E-state index is 0.273. The van der Waals surface area contributed by atoms with E-state index in [0.29, 0.717) is 16.8 Å². The molecular formula is C13H19BrFNO2. The lowest BCUT2D eigenvalue weighted by Crippen LogP contribution is -2.20. The summed E-state index contributed by atoms with van der Waals surface area (Å²) in [5.41, 5.74) is 0. The predicted molar refractivity (Wildman–Crippen MR) is 73.6 cm³/mol. The van der Waals surface area contributed by atoms with E-state index in [1.54, 1.807) is 19.2 Å². The van der Waals surface area contributed by atoms with Gasteiger partial charge in [-0.15, -0.1) is 0 Å². The van der Waals surface area contributed by atoms with Gasteiger partial charge in [-0.3, -0.25) is 0 Å². The Bertz CT molecular complexity index is 350. The molecule has 0 aliphatic rings. The van der Waals surface area contributed by atoms with Crippen molar-refractivity contribution in [2.24, 2.45) is 0 Å². The molecule has 5 heteroatoms. The van der Waals surface area contributed by atoms with Gasteiger partial charge in [-0.05, 0) is 53.5 Å². The molecule has 0 unspecified atom stereocenters. The van der Waals surface area contributed by atoms with Crippen LogP contribution >= 0.6 is 15.9 Å². The van der Waals surface area contributed by atoms with E-state index in [0.717, 1.165) is 32.5 Å². The van der Waals surface area contributed by atoms with Gasteiger partial charge in [-0.1, -0.05) is 0 Å². The normalized spacial score (nSPS) is 10.6. The molecule has 0 amide bonds. The van der Waals surface area contributed by atoms with Crippen LogP contribution in [0.1, 0.15) is 12.8 Å². The van der Waals surface area contributed by atoms with Crippen LogP contribution in [-0.2, 0) is 4.74 Å². The van der Waals surface area contributed by atoms with E-state index in [4.69, 9.17) is 9.47 Å². The van der Waals surface area contributed by atoms with Crippen molar-refractivity contribution in [3.8, 4) is 5.75 Å². The van der Waals surface area contributed by atoms with E-state index in [9.17, 15) is 4.39 Å². The van der Waals surface area contributed by atoms with E-state index < -0.39 is 0 Å². The zero-order valence-corrected chi connectivity index (χ0v) is 12.1. The summed E-state index contributed by atoms with van der Waals surface area (Å²) in [6.07, 6.45) is 2.01. The van der Waals surface area contributed by atoms with Crippen molar-refractivity contribution in [3.63, 3.8) is 0 Å². The molecule has 1 aromatic carbocycles. The quantitative estimate of drug-likeness (QED) is 0.710. The summed E-state index contributed by atoms with van der Waals surface area (Å²) in [4.78, 5) is 0. The van der Waals surface area contributed by atoms with Gasteiger partial charge in [-0.2, -0.15) is 0 Å². The Hall–Kier alpha value is -0.650. The first-order valence-corrected chi connectivity index (χ1v) is 6.81. The molecule has 18 heavy (non-hydrogen) atoms.